The van der Waals surface area contributed by atoms with Crippen LogP contribution in [0.3, 0.4) is 0 Å². The summed E-state index contributed by atoms with van der Waals surface area (Å²) in [5.74, 6) is -9.67. The van der Waals surface area contributed by atoms with Gasteiger partial charge in [-0.2, -0.15) is 13.2 Å². The van der Waals surface area contributed by atoms with Crippen molar-refractivity contribution in [2.45, 2.75) is 237 Å². The standard InChI is InChI=1S/C71H110F4N12O12/c1-14-44(5)60-69(98)81(10)45(6)64(93)87-37-34-53(87)68(97)82(11)55(40-46-24-17-16-18-25-46)67(96)80(9)42-57(88)77-51(33-31-47-30-32-49(50(72)39-47)71(73,74)75)65(94)86-36-23-28-52(86)62(91)76-35-22-21-29-58(89)84(13)61(48-26-19-20-27-48)70(99)83(12)56(66(95)79(7)8)41-59(90)85(15-2)54(38-43(3)4)63(92)78-60/h30,32,39,43-46,48,51-56,60-61H,14-29,31,33-38,40-42H2,1-13H3,(H,76,91)(H,77,88)(H,78,92)/t44-,45-,51-,52-,53-,54-,55-,56-,60-,61-/m0/s1. The molecule has 5 aliphatic rings. The quantitative estimate of drug-likeness (QED) is 0.223. The second-order valence-corrected chi connectivity index (χ2v) is 28.9. The fourth-order valence-electron chi connectivity index (χ4n) is 14.8. The molecule has 0 bridgehead atoms. The molecule has 0 radical (unpaired) electrons. The Morgan fingerprint density at radius 3 is 1.89 bits per heavy atom. The number of alkyl halides is 3. The number of nitrogens with one attached hydrogen (secondary N) is 3. The summed E-state index contributed by atoms with van der Waals surface area (Å²) < 4.78 is 55.7. The zero-order valence-corrected chi connectivity index (χ0v) is 60.6. The molecule has 3 heterocycles. The third-order valence-corrected chi connectivity index (χ3v) is 21.3. The van der Waals surface area contributed by atoms with Gasteiger partial charge < -0.3 is 60.0 Å². The first-order valence-corrected chi connectivity index (χ1v) is 35.8. The summed E-state index contributed by atoms with van der Waals surface area (Å²) in [6, 6.07) is -8.20. The van der Waals surface area contributed by atoms with E-state index in [0.717, 1.165) is 55.9 Å². The molecule has 6 rings (SSSR count). The SMILES string of the molecule is CC[C@H](C)[C@@H]1NC(=O)[C@H](CC(C)C)N(CC)C(=O)C[C@@H](C(=O)N(C)C)N(C)C(=O)[C@H](C2CCCC2)N(C)C(=O)CCCCNC(=O)[C@@H]2CCCN2C(=O)[C@H](CCc2ccc(C(F)(F)F)c(F)c2)NC(=O)CN(C)C(=O)[C@H](CC2CCCCC2)N(C)C(=O)[C@@H]2CCN2C(=O)[C@H](C)N(C)C1=O. The molecule has 12 amide bonds. The molecule has 24 nitrogen and oxygen atoms in total. The van der Waals surface area contributed by atoms with E-state index in [0.29, 0.717) is 44.2 Å². The number of carbonyl (C=O) groups is 12. The van der Waals surface area contributed by atoms with Crippen LogP contribution in [0, 0.1) is 29.5 Å². The van der Waals surface area contributed by atoms with E-state index in [1.165, 1.54) is 95.5 Å². The second kappa shape index (κ2) is 36.3. The molecule has 28 heteroatoms. The Hall–Kier alpha value is -7.42. The fraction of sp³-hybridized carbons (Fsp3) is 0.746. The molecule has 0 spiro atoms. The van der Waals surface area contributed by atoms with Gasteiger partial charge in [-0.3, -0.25) is 57.5 Å². The number of halogens is 4. The lowest BCUT2D eigenvalue weighted by molar-refractivity contribution is -0.160. The number of amides is 12. The average molecular weight is 1400 g/mol. The van der Waals surface area contributed by atoms with E-state index in [2.05, 4.69) is 16.0 Å². The van der Waals surface area contributed by atoms with Crippen molar-refractivity contribution in [2.75, 3.05) is 82.1 Å². The van der Waals surface area contributed by atoms with Crippen molar-refractivity contribution in [1.82, 2.24) is 60.0 Å². The zero-order valence-electron chi connectivity index (χ0n) is 60.6. The first-order chi connectivity index (χ1) is 46.6. The molecule has 2 saturated carbocycles. The van der Waals surface area contributed by atoms with Crippen LogP contribution in [-0.2, 0) is 70.1 Å². The van der Waals surface area contributed by atoms with Gasteiger partial charge in [0.2, 0.25) is 70.9 Å². The molecule has 554 valence electrons. The lowest BCUT2D eigenvalue weighted by Gasteiger charge is -2.45. The predicted molar refractivity (Wildman–Crippen MR) is 361 cm³/mol. The number of carbonyl (C=O) groups excluding carboxylic acids is 12. The van der Waals surface area contributed by atoms with Gasteiger partial charge in [0.05, 0.1) is 18.5 Å². The number of fused-ring (bicyclic) bond motifs is 2. The molecule has 0 unspecified atom stereocenters. The molecule has 5 fully saturated rings. The van der Waals surface area contributed by atoms with Crippen molar-refractivity contribution in [1.29, 1.82) is 0 Å². The number of rotatable bonds is 12. The molecule has 1 aromatic carbocycles. The Labute approximate surface area is 581 Å². The van der Waals surface area contributed by atoms with Crippen molar-refractivity contribution in [2.24, 2.45) is 23.7 Å². The minimum Gasteiger partial charge on any atom is -0.354 e. The van der Waals surface area contributed by atoms with E-state index in [1.807, 2.05) is 20.8 Å². The van der Waals surface area contributed by atoms with Crippen LogP contribution >= 0.6 is 0 Å². The Bertz CT molecular complexity index is 3050. The fourth-order valence-corrected chi connectivity index (χ4v) is 14.8. The first-order valence-electron chi connectivity index (χ1n) is 35.8. The van der Waals surface area contributed by atoms with Gasteiger partial charge in [-0.25, -0.2) is 4.39 Å². The van der Waals surface area contributed by atoms with Crippen molar-refractivity contribution in [3.05, 3.63) is 35.1 Å². The predicted octanol–water partition coefficient (Wildman–Crippen LogP) is 5.37. The molecular formula is C71H110F4N12O12. The Balaban J connectivity index is 1.35. The highest BCUT2D eigenvalue weighted by Gasteiger charge is 2.48. The van der Waals surface area contributed by atoms with E-state index in [1.54, 1.807) is 13.8 Å². The van der Waals surface area contributed by atoms with Gasteiger partial charge in [0, 0.05) is 81.9 Å². The monoisotopic (exact) mass is 1400 g/mol. The number of aryl methyl sites for hydroxylation is 1. The van der Waals surface area contributed by atoms with Gasteiger partial charge in [-0.1, -0.05) is 85.1 Å². The summed E-state index contributed by atoms with van der Waals surface area (Å²) in [7, 11) is 10.2. The van der Waals surface area contributed by atoms with E-state index in [4.69, 9.17) is 0 Å². The maximum absolute atomic E-state index is 15.1. The van der Waals surface area contributed by atoms with Gasteiger partial charge in [0.15, 0.2) is 0 Å². The molecular weight excluding hydrogens is 1290 g/mol. The van der Waals surface area contributed by atoms with Gasteiger partial charge in [-0.05, 0) is 126 Å². The zero-order chi connectivity index (χ0) is 73.5. The van der Waals surface area contributed by atoms with E-state index in [9.17, 15) is 70.3 Å². The van der Waals surface area contributed by atoms with Crippen LogP contribution in [0.15, 0.2) is 18.2 Å². The summed E-state index contributed by atoms with van der Waals surface area (Å²) in [5, 5.41) is 8.51. The Morgan fingerprint density at radius 1 is 0.657 bits per heavy atom. The number of nitrogens with zero attached hydrogens (tertiary/aromatic N) is 9. The van der Waals surface area contributed by atoms with Crippen LogP contribution in [-0.4, -0.2) is 251 Å². The number of likely N-dealkylation sites (N-methyl/N-ethyl adjacent to an activating group) is 7. The smallest absolute Gasteiger partial charge is 0.354 e. The molecule has 0 aromatic heterocycles. The van der Waals surface area contributed by atoms with Gasteiger partial charge in [0.25, 0.3) is 0 Å². The van der Waals surface area contributed by atoms with Crippen molar-refractivity contribution >= 4 is 70.9 Å². The first kappa shape index (κ1) is 80.6. The van der Waals surface area contributed by atoms with Crippen LogP contribution in [0.4, 0.5) is 17.6 Å². The van der Waals surface area contributed by atoms with E-state index < -0.39 is 156 Å². The van der Waals surface area contributed by atoms with Crippen molar-refractivity contribution in [3.8, 4) is 0 Å². The Kier molecular flexibility index (Phi) is 29.5. The van der Waals surface area contributed by atoms with Gasteiger partial charge in [-0.15, -0.1) is 0 Å². The van der Waals surface area contributed by atoms with Gasteiger partial charge in [0.1, 0.15) is 60.2 Å². The molecule has 2 aliphatic carbocycles. The second-order valence-electron chi connectivity index (χ2n) is 28.9. The number of hydrogen-bond donors (Lipinski definition) is 3. The number of hydrogen-bond acceptors (Lipinski definition) is 12. The molecule has 1 aromatic rings. The van der Waals surface area contributed by atoms with E-state index in [-0.39, 0.29) is 107 Å². The van der Waals surface area contributed by atoms with Crippen molar-refractivity contribution < 1.29 is 75.1 Å². The van der Waals surface area contributed by atoms with Gasteiger partial charge >= 0.3 is 6.18 Å². The minimum absolute atomic E-state index is 0.000736. The maximum atomic E-state index is 15.1. The van der Waals surface area contributed by atoms with Crippen LogP contribution in [0.1, 0.15) is 181 Å². The molecule has 99 heavy (non-hydrogen) atoms. The molecule has 3 aliphatic heterocycles. The molecule has 10 atom stereocenters. The molecule has 3 N–H and O–H groups in total. The summed E-state index contributed by atoms with van der Waals surface area (Å²) in [6.07, 6.45) is 3.29. The minimum atomic E-state index is -4.98. The van der Waals surface area contributed by atoms with Crippen LogP contribution < -0.4 is 16.0 Å². The number of benzene rings is 1. The van der Waals surface area contributed by atoms with Crippen LogP contribution in [0.25, 0.3) is 0 Å². The Morgan fingerprint density at radius 2 is 1.30 bits per heavy atom. The lowest BCUT2D eigenvalue weighted by atomic mass is 9.84. The van der Waals surface area contributed by atoms with Crippen LogP contribution in [0.5, 0.6) is 0 Å². The summed E-state index contributed by atoms with van der Waals surface area (Å²) in [5.41, 5.74) is -1.40. The van der Waals surface area contributed by atoms with Crippen LogP contribution in [0.2, 0.25) is 0 Å². The van der Waals surface area contributed by atoms with Crippen molar-refractivity contribution in [3.63, 3.8) is 0 Å². The molecule has 3 saturated heterocycles. The largest absolute Gasteiger partial charge is 0.419 e. The van der Waals surface area contributed by atoms with E-state index >= 15 is 4.79 Å². The third kappa shape index (κ3) is 20.4. The summed E-state index contributed by atoms with van der Waals surface area (Å²) in [6.45, 7) is 10.2. The highest BCUT2D eigenvalue weighted by Crippen LogP contribution is 2.35. The lowest BCUT2D eigenvalue weighted by Crippen LogP contribution is -2.65. The maximum Gasteiger partial charge on any atom is 0.419 e. The average Bonchev–Trinajstić information content (AvgIpc) is 1.48. The normalized spacial score (nSPS) is 27.1. The highest BCUT2D eigenvalue weighted by molar-refractivity contribution is 5.99. The highest BCUT2D eigenvalue weighted by atomic mass is 19.4. The summed E-state index contributed by atoms with van der Waals surface area (Å²) in [4.78, 5) is 187. The topological polar surface area (TPSA) is 270 Å². The summed E-state index contributed by atoms with van der Waals surface area (Å²) >= 11 is 0. The third-order valence-electron chi connectivity index (χ3n) is 21.3.